The second-order valence-electron chi connectivity index (χ2n) is 5.92. The van der Waals surface area contributed by atoms with Gasteiger partial charge in [0.2, 0.25) is 0 Å². The predicted octanol–water partition coefficient (Wildman–Crippen LogP) is 0.631. The van der Waals surface area contributed by atoms with Gasteiger partial charge in [0.15, 0.2) is 9.84 Å². The molecule has 1 aromatic carbocycles. The standard InChI is InChI=1S/C15H24NO4S/c1-4-13-5-7-14(8-6-13)9-16(2,3)10-15(18)11-21(19,20)12-17/h4-8,15,17-18H,1,9-12H2,2-3H3/q+1. The number of likely N-dealkylation sites (N-methyl/N-ethyl adjacent to an activating group) is 1. The molecule has 0 heterocycles. The summed E-state index contributed by atoms with van der Waals surface area (Å²) in [4.78, 5) is 0. The van der Waals surface area contributed by atoms with Crippen LogP contribution < -0.4 is 0 Å². The third-order valence-electron chi connectivity index (χ3n) is 3.17. The quantitative estimate of drug-likeness (QED) is 0.690. The molecule has 0 aliphatic rings. The monoisotopic (exact) mass is 314 g/mol. The highest BCUT2D eigenvalue weighted by molar-refractivity contribution is 7.91. The maximum absolute atomic E-state index is 11.3. The van der Waals surface area contributed by atoms with Crippen molar-refractivity contribution in [3.8, 4) is 0 Å². The maximum Gasteiger partial charge on any atom is 0.176 e. The van der Waals surface area contributed by atoms with Crippen LogP contribution in [0, 0.1) is 0 Å². The van der Waals surface area contributed by atoms with Crippen molar-refractivity contribution < 1.29 is 23.1 Å². The van der Waals surface area contributed by atoms with Gasteiger partial charge in [0, 0.05) is 5.56 Å². The fourth-order valence-electron chi connectivity index (χ4n) is 2.29. The zero-order chi connectivity index (χ0) is 16.1. The maximum atomic E-state index is 11.3. The molecule has 6 heteroatoms. The van der Waals surface area contributed by atoms with Crippen molar-refractivity contribution in [3.05, 3.63) is 42.0 Å². The fraction of sp³-hybridized carbons (Fsp3) is 0.467. The van der Waals surface area contributed by atoms with Crippen molar-refractivity contribution in [2.24, 2.45) is 0 Å². The summed E-state index contributed by atoms with van der Waals surface area (Å²) in [6.45, 7) is 4.67. The second-order valence-corrected chi connectivity index (χ2v) is 7.99. The van der Waals surface area contributed by atoms with E-state index in [-0.39, 0.29) is 0 Å². The molecule has 1 atom stereocenters. The highest BCUT2D eigenvalue weighted by Crippen LogP contribution is 2.13. The first-order chi connectivity index (χ1) is 9.67. The minimum Gasteiger partial charge on any atom is -0.386 e. The van der Waals surface area contributed by atoms with Crippen LogP contribution >= 0.6 is 0 Å². The first-order valence-corrected chi connectivity index (χ1v) is 8.52. The molecule has 5 nitrogen and oxygen atoms in total. The number of hydrogen-bond acceptors (Lipinski definition) is 4. The van der Waals surface area contributed by atoms with E-state index in [9.17, 15) is 13.5 Å². The molecule has 0 radical (unpaired) electrons. The van der Waals surface area contributed by atoms with Gasteiger partial charge in [0.05, 0.1) is 19.8 Å². The molecule has 0 bridgehead atoms. The number of aliphatic hydroxyl groups is 2. The van der Waals surface area contributed by atoms with Crippen molar-refractivity contribution >= 4 is 15.9 Å². The fourth-order valence-corrected chi connectivity index (χ4v) is 3.08. The molecular weight excluding hydrogens is 290 g/mol. The lowest BCUT2D eigenvalue weighted by Crippen LogP contribution is -2.46. The van der Waals surface area contributed by atoms with E-state index in [2.05, 4.69) is 6.58 Å². The molecular formula is C15H24NO4S+. The molecule has 21 heavy (non-hydrogen) atoms. The average molecular weight is 314 g/mol. The summed E-state index contributed by atoms with van der Waals surface area (Å²) in [6.07, 6.45) is 0.775. The van der Waals surface area contributed by atoms with E-state index in [1.54, 1.807) is 6.08 Å². The SMILES string of the molecule is C=Cc1ccc(C[N+](C)(C)CC(O)CS(=O)(=O)CO)cc1. The van der Waals surface area contributed by atoms with Crippen molar-refractivity contribution in [3.63, 3.8) is 0 Å². The van der Waals surface area contributed by atoms with Gasteiger partial charge in [-0.3, -0.25) is 0 Å². The number of aliphatic hydroxyl groups excluding tert-OH is 2. The van der Waals surface area contributed by atoms with Gasteiger partial charge >= 0.3 is 0 Å². The van der Waals surface area contributed by atoms with Crippen molar-refractivity contribution in [1.82, 2.24) is 0 Å². The van der Waals surface area contributed by atoms with E-state index in [1.807, 2.05) is 38.4 Å². The molecule has 0 aliphatic carbocycles. The largest absolute Gasteiger partial charge is 0.386 e. The van der Waals surface area contributed by atoms with E-state index < -0.39 is 27.6 Å². The van der Waals surface area contributed by atoms with Crippen LogP contribution in [0.25, 0.3) is 6.08 Å². The molecule has 118 valence electrons. The number of quaternary nitrogens is 1. The Labute approximate surface area is 126 Å². The molecule has 0 spiro atoms. The Hall–Kier alpha value is -1.21. The molecule has 2 N–H and O–H groups in total. The number of hydrogen-bond donors (Lipinski definition) is 2. The number of rotatable bonds is 8. The van der Waals surface area contributed by atoms with Gasteiger partial charge in [0.25, 0.3) is 0 Å². The topological polar surface area (TPSA) is 74.6 Å². The Morgan fingerprint density at radius 1 is 1.29 bits per heavy atom. The van der Waals surface area contributed by atoms with E-state index in [0.29, 0.717) is 17.6 Å². The van der Waals surface area contributed by atoms with Crippen molar-refractivity contribution in [2.75, 3.05) is 32.3 Å². The van der Waals surface area contributed by atoms with Gasteiger partial charge in [-0.1, -0.05) is 36.9 Å². The molecule has 0 aliphatic heterocycles. The third kappa shape index (κ3) is 6.39. The van der Waals surface area contributed by atoms with Crippen LogP contribution in [0.15, 0.2) is 30.8 Å². The molecule has 0 saturated heterocycles. The minimum atomic E-state index is -3.59. The minimum absolute atomic E-state index is 0.294. The molecule has 1 unspecified atom stereocenters. The molecule has 0 aromatic heterocycles. The molecule has 1 rings (SSSR count). The van der Waals surface area contributed by atoms with Gasteiger partial charge < -0.3 is 14.7 Å². The Kier molecular flexibility index (Phi) is 6.10. The lowest BCUT2D eigenvalue weighted by Gasteiger charge is -2.31. The van der Waals surface area contributed by atoms with Gasteiger partial charge in [0.1, 0.15) is 25.1 Å². The van der Waals surface area contributed by atoms with Crippen molar-refractivity contribution in [2.45, 2.75) is 12.6 Å². The van der Waals surface area contributed by atoms with Gasteiger partial charge in [-0.2, -0.15) is 0 Å². The summed E-state index contributed by atoms with van der Waals surface area (Å²) in [6, 6.07) is 7.92. The lowest BCUT2D eigenvalue weighted by atomic mass is 10.1. The summed E-state index contributed by atoms with van der Waals surface area (Å²) in [5, 5.41) is 18.6. The predicted molar refractivity (Wildman–Crippen MR) is 84.1 cm³/mol. The van der Waals surface area contributed by atoms with Crippen LogP contribution in [0.3, 0.4) is 0 Å². The zero-order valence-corrected chi connectivity index (χ0v) is 13.4. The molecule has 1 aromatic rings. The Morgan fingerprint density at radius 3 is 2.33 bits per heavy atom. The van der Waals surface area contributed by atoms with E-state index in [0.717, 1.165) is 11.1 Å². The van der Waals surface area contributed by atoms with Crippen LogP contribution in [-0.2, 0) is 16.4 Å². The number of benzene rings is 1. The van der Waals surface area contributed by atoms with Gasteiger partial charge in [-0.15, -0.1) is 0 Å². The summed E-state index contributed by atoms with van der Waals surface area (Å²) in [7, 11) is 0.265. The van der Waals surface area contributed by atoms with Crippen LogP contribution in [0.4, 0.5) is 0 Å². The zero-order valence-electron chi connectivity index (χ0n) is 12.6. The summed E-state index contributed by atoms with van der Waals surface area (Å²) < 4.78 is 23.1. The van der Waals surface area contributed by atoms with E-state index >= 15 is 0 Å². The number of sulfone groups is 1. The molecule has 0 saturated carbocycles. The van der Waals surface area contributed by atoms with Gasteiger partial charge in [-0.05, 0) is 5.56 Å². The van der Waals surface area contributed by atoms with E-state index in [4.69, 9.17) is 5.11 Å². The molecule has 0 fully saturated rings. The second kappa shape index (κ2) is 7.17. The summed E-state index contributed by atoms with van der Waals surface area (Å²) >= 11 is 0. The third-order valence-corrected chi connectivity index (χ3v) is 4.46. The Bertz CT molecular complexity index is 564. The normalized spacial score (nSPS) is 13.9. The average Bonchev–Trinajstić information content (AvgIpc) is 2.37. The summed E-state index contributed by atoms with van der Waals surface area (Å²) in [5.41, 5.74) is 2.14. The van der Waals surface area contributed by atoms with Crippen LogP contribution in [0.5, 0.6) is 0 Å². The first-order valence-electron chi connectivity index (χ1n) is 6.70. The highest BCUT2D eigenvalue weighted by atomic mass is 32.2. The molecule has 0 amide bonds. The Morgan fingerprint density at radius 2 is 1.86 bits per heavy atom. The number of nitrogens with zero attached hydrogens (tertiary/aromatic N) is 1. The first kappa shape index (κ1) is 17.8. The smallest absolute Gasteiger partial charge is 0.176 e. The van der Waals surface area contributed by atoms with Crippen LogP contribution in [-0.4, -0.2) is 61.5 Å². The van der Waals surface area contributed by atoms with Crippen molar-refractivity contribution in [1.29, 1.82) is 0 Å². The van der Waals surface area contributed by atoms with Crippen LogP contribution in [0.1, 0.15) is 11.1 Å². The van der Waals surface area contributed by atoms with Gasteiger partial charge in [-0.25, -0.2) is 8.42 Å². The lowest BCUT2D eigenvalue weighted by molar-refractivity contribution is -0.906. The van der Waals surface area contributed by atoms with Crippen LogP contribution in [0.2, 0.25) is 0 Å². The summed E-state index contributed by atoms with van der Waals surface area (Å²) in [5.74, 6) is -1.35. The highest BCUT2D eigenvalue weighted by Gasteiger charge is 2.25. The van der Waals surface area contributed by atoms with E-state index in [1.165, 1.54) is 0 Å². The Balaban J connectivity index is 2.65.